The third kappa shape index (κ3) is 4.03. The van der Waals surface area contributed by atoms with E-state index in [1.54, 1.807) is 29.1 Å². The quantitative estimate of drug-likeness (QED) is 0.815. The Morgan fingerprint density at radius 1 is 1.48 bits per heavy atom. The summed E-state index contributed by atoms with van der Waals surface area (Å²) in [5.74, 6) is -2.20. The number of fused-ring (bicyclic) bond motifs is 1. The molecular weight excluding hydrogens is 314 g/mol. The topological polar surface area (TPSA) is 76.5 Å². The first-order valence-electron chi connectivity index (χ1n) is 6.11. The Morgan fingerprint density at radius 2 is 2.29 bits per heavy atom. The lowest BCUT2D eigenvalue weighted by molar-refractivity contribution is -0.140. The van der Waals surface area contributed by atoms with Crippen LogP contribution in [0.15, 0.2) is 35.3 Å². The van der Waals surface area contributed by atoms with Crippen LogP contribution in [0.2, 0.25) is 5.02 Å². The van der Waals surface area contributed by atoms with Crippen LogP contribution >= 0.6 is 22.9 Å². The largest absolute Gasteiger partial charge is 0.493 e. The summed E-state index contributed by atoms with van der Waals surface area (Å²) >= 11 is 7.37. The molecule has 1 unspecified atom stereocenters. The molecule has 0 amide bonds. The molecule has 0 fully saturated rings. The zero-order chi connectivity index (χ0) is 15.2. The van der Waals surface area contributed by atoms with E-state index in [2.05, 4.69) is 4.98 Å². The van der Waals surface area contributed by atoms with Crippen LogP contribution in [0.1, 0.15) is 16.8 Å². The number of carbonyl (C=O) groups excluding carboxylic acids is 1. The molecule has 21 heavy (non-hydrogen) atoms. The Hall–Kier alpha value is -1.92. The van der Waals surface area contributed by atoms with Crippen molar-refractivity contribution in [1.82, 2.24) is 4.98 Å². The number of ether oxygens (including phenoxy) is 1. The number of thiazole rings is 1. The highest BCUT2D eigenvalue weighted by Gasteiger charge is 2.31. The van der Waals surface area contributed by atoms with Gasteiger partial charge in [0.05, 0.1) is 17.7 Å². The monoisotopic (exact) mass is 325 g/mol. The smallest absolute Gasteiger partial charge is 0.314 e. The predicted molar refractivity (Wildman–Crippen MR) is 79.1 cm³/mol. The van der Waals surface area contributed by atoms with E-state index in [1.165, 1.54) is 12.1 Å². The molecule has 2 heterocycles. The first-order chi connectivity index (χ1) is 10.1. The summed E-state index contributed by atoms with van der Waals surface area (Å²) < 4.78 is 5.31. The normalized spacial score (nSPS) is 16.8. The number of nitrogens with zero attached hydrogens (tertiary/aromatic N) is 1. The van der Waals surface area contributed by atoms with E-state index in [1.807, 2.05) is 5.38 Å². The Balaban J connectivity index is 0.000000272. The number of benzene rings is 1. The number of carboxylic acid groups (broad SMARTS) is 1. The molecule has 3 rings (SSSR count). The van der Waals surface area contributed by atoms with Gasteiger partial charge in [-0.05, 0) is 18.2 Å². The molecule has 1 aromatic heterocycles. The highest BCUT2D eigenvalue weighted by atomic mass is 35.5. The van der Waals surface area contributed by atoms with Gasteiger partial charge in [-0.1, -0.05) is 11.6 Å². The van der Waals surface area contributed by atoms with Crippen molar-refractivity contribution in [2.75, 3.05) is 6.61 Å². The number of aliphatic carboxylic acids is 1. The molecule has 0 saturated heterocycles. The number of hydrogen-bond acceptors (Lipinski definition) is 5. The van der Waals surface area contributed by atoms with Gasteiger partial charge in [0.2, 0.25) is 0 Å². The first kappa shape index (κ1) is 15.5. The third-order valence-electron chi connectivity index (χ3n) is 2.84. The van der Waals surface area contributed by atoms with Crippen molar-refractivity contribution in [2.24, 2.45) is 5.92 Å². The molecule has 1 aliphatic rings. The summed E-state index contributed by atoms with van der Waals surface area (Å²) in [5.41, 5.74) is 2.08. The average Bonchev–Trinajstić information content (AvgIpc) is 2.97. The Morgan fingerprint density at radius 3 is 2.86 bits per heavy atom. The fourth-order valence-corrected chi connectivity index (χ4v) is 2.35. The maximum absolute atomic E-state index is 11.9. The summed E-state index contributed by atoms with van der Waals surface area (Å²) in [7, 11) is 0. The number of halogens is 1. The average molecular weight is 326 g/mol. The molecule has 0 saturated carbocycles. The molecule has 110 valence electrons. The van der Waals surface area contributed by atoms with Gasteiger partial charge in [-0.25, -0.2) is 0 Å². The SMILES string of the molecule is O=C(O)C1CCOc2cc(Cl)ccc2C1=O.c1cscn1. The van der Waals surface area contributed by atoms with E-state index in [0.29, 0.717) is 10.8 Å². The third-order valence-corrected chi connectivity index (χ3v) is 3.59. The van der Waals surface area contributed by atoms with E-state index in [4.69, 9.17) is 21.4 Å². The van der Waals surface area contributed by atoms with Crippen molar-refractivity contribution in [3.05, 3.63) is 45.9 Å². The van der Waals surface area contributed by atoms with Crippen LogP contribution in [0.25, 0.3) is 0 Å². The van der Waals surface area contributed by atoms with Crippen molar-refractivity contribution in [2.45, 2.75) is 6.42 Å². The molecule has 0 spiro atoms. The first-order valence-corrected chi connectivity index (χ1v) is 7.43. The number of carboxylic acids is 1. The van der Waals surface area contributed by atoms with Gasteiger partial charge in [0.25, 0.3) is 0 Å². The summed E-state index contributed by atoms with van der Waals surface area (Å²) in [6, 6.07) is 4.58. The van der Waals surface area contributed by atoms with Crippen LogP contribution in [-0.4, -0.2) is 28.4 Å². The molecule has 7 heteroatoms. The van der Waals surface area contributed by atoms with Crippen LogP contribution in [0.3, 0.4) is 0 Å². The maximum atomic E-state index is 11.9. The van der Waals surface area contributed by atoms with Gasteiger partial charge in [-0.15, -0.1) is 11.3 Å². The van der Waals surface area contributed by atoms with Gasteiger partial charge in [-0.2, -0.15) is 0 Å². The fraction of sp³-hybridized carbons (Fsp3) is 0.214. The highest BCUT2D eigenvalue weighted by molar-refractivity contribution is 7.07. The van der Waals surface area contributed by atoms with Gasteiger partial charge in [-0.3, -0.25) is 14.6 Å². The number of aromatic nitrogens is 1. The molecular formula is C14H12ClNO4S. The van der Waals surface area contributed by atoms with Crippen LogP contribution in [0, 0.1) is 5.92 Å². The van der Waals surface area contributed by atoms with Crippen molar-refractivity contribution in [3.63, 3.8) is 0 Å². The van der Waals surface area contributed by atoms with E-state index in [0.717, 1.165) is 0 Å². The lowest BCUT2D eigenvalue weighted by Crippen LogP contribution is -2.23. The molecule has 0 bridgehead atoms. The summed E-state index contributed by atoms with van der Waals surface area (Å²) in [6.45, 7) is 0.204. The molecule has 5 nitrogen and oxygen atoms in total. The van der Waals surface area contributed by atoms with Gasteiger partial charge in [0.15, 0.2) is 5.78 Å². The molecule has 0 radical (unpaired) electrons. The minimum atomic E-state index is -1.11. The fourth-order valence-electron chi connectivity index (χ4n) is 1.84. The lowest BCUT2D eigenvalue weighted by Gasteiger charge is -2.06. The molecule has 2 aromatic rings. The number of hydrogen-bond donors (Lipinski definition) is 1. The second-order valence-corrected chi connectivity index (χ2v) is 5.40. The molecule has 0 aliphatic carbocycles. The minimum Gasteiger partial charge on any atom is -0.493 e. The Labute approximate surface area is 130 Å². The van der Waals surface area contributed by atoms with Crippen LogP contribution in [0.5, 0.6) is 5.75 Å². The highest BCUT2D eigenvalue weighted by Crippen LogP contribution is 2.29. The molecule has 1 N–H and O–H groups in total. The minimum absolute atomic E-state index is 0.181. The summed E-state index contributed by atoms with van der Waals surface area (Å²) in [5, 5.41) is 11.3. The number of Topliss-reactive ketones (excluding diaryl/α,β-unsaturated/α-hetero) is 1. The van der Waals surface area contributed by atoms with Crippen molar-refractivity contribution in [3.8, 4) is 5.75 Å². The van der Waals surface area contributed by atoms with Crippen LogP contribution in [0.4, 0.5) is 0 Å². The van der Waals surface area contributed by atoms with Crippen molar-refractivity contribution in [1.29, 1.82) is 0 Å². The second kappa shape index (κ2) is 7.19. The lowest BCUT2D eigenvalue weighted by atomic mass is 9.95. The zero-order valence-electron chi connectivity index (χ0n) is 10.9. The van der Waals surface area contributed by atoms with Gasteiger partial charge >= 0.3 is 5.97 Å². The predicted octanol–water partition coefficient (Wildman–Crippen LogP) is 3.15. The van der Waals surface area contributed by atoms with Crippen LogP contribution in [-0.2, 0) is 4.79 Å². The number of rotatable bonds is 1. The Kier molecular flexibility index (Phi) is 5.30. The molecule has 1 aliphatic heterocycles. The van der Waals surface area contributed by atoms with E-state index in [9.17, 15) is 9.59 Å². The second-order valence-electron chi connectivity index (χ2n) is 4.21. The maximum Gasteiger partial charge on any atom is 0.314 e. The Bertz CT molecular complexity index is 613. The molecule has 1 aromatic carbocycles. The standard InChI is InChI=1S/C11H9ClO4.C3H3NS/c12-6-1-2-7-9(5-6)16-4-3-8(10(7)13)11(14)15;1-2-5-3-4-1/h1-2,5,8H,3-4H2,(H,14,15);1-3H. The number of carbonyl (C=O) groups is 2. The summed E-state index contributed by atoms with van der Waals surface area (Å²) in [6.07, 6.45) is 1.95. The van der Waals surface area contributed by atoms with Crippen LogP contribution < -0.4 is 4.74 Å². The van der Waals surface area contributed by atoms with Gasteiger partial charge in [0.1, 0.15) is 11.7 Å². The van der Waals surface area contributed by atoms with Gasteiger partial charge in [0, 0.05) is 23.0 Å². The van der Waals surface area contributed by atoms with Crippen molar-refractivity contribution < 1.29 is 19.4 Å². The zero-order valence-corrected chi connectivity index (χ0v) is 12.4. The van der Waals surface area contributed by atoms with E-state index in [-0.39, 0.29) is 18.6 Å². The molecule has 1 atom stereocenters. The van der Waals surface area contributed by atoms with E-state index >= 15 is 0 Å². The van der Waals surface area contributed by atoms with E-state index < -0.39 is 17.7 Å². The van der Waals surface area contributed by atoms with Gasteiger partial charge < -0.3 is 9.84 Å². The van der Waals surface area contributed by atoms with Crippen molar-refractivity contribution >= 4 is 34.7 Å². The summed E-state index contributed by atoms with van der Waals surface area (Å²) in [4.78, 5) is 26.5. The number of ketones is 1.